The molecule has 0 aromatic heterocycles. The zero-order valence-electron chi connectivity index (χ0n) is 14.7. The number of esters is 1. The fraction of sp³-hybridized carbons (Fsp3) is 0.529. The van der Waals surface area contributed by atoms with Crippen LogP contribution in [-0.2, 0) is 14.3 Å². The van der Waals surface area contributed by atoms with Crippen LogP contribution in [0.15, 0.2) is 12.1 Å². The molecule has 8 heteroatoms. The van der Waals surface area contributed by atoms with Gasteiger partial charge in [-0.2, -0.15) is 0 Å². The lowest BCUT2D eigenvalue weighted by Gasteiger charge is -2.14. The molecule has 0 heterocycles. The van der Waals surface area contributed by atoms with Gasteiger partial charge in [-0.25, -0.2) is 4.79 Å². The molecule has 0 bridgehead atoms. The van der Waals surface area contributed by atoms with Gasteiger partial charge in [0.05, 0.1) is 30.4 Å². The molecule has 1 N–H and O–H groups in total. The fourth-order valence-corrected chi connectivity index (χ4v) is 2.12. The summed E-state index contributed by atoms with van der Waals surface area (Å²) < 4.78 is 20.9. The van der Waals surface area contributed by atoms with Gasteiger partial charge >= 0.3 is 5.97 Å². The van der Waals surface area contributed by atoms with E-state index in [0.29, 0.717) is 37.9 Å². The third-order valence-electron chi connectivity index (χ3n) is 2.96. The van der Waals surface area contributed by atoms with E-state index in [0.717, 1.165) is 6.42 Å². The molecule has 1 rings (SSSR count). The SMILES string of the molecule is CCCOc1c(Cl)cc(C(=O)OCC(=O)NCCOC)cc1OCC. The Morgan fingerprint density at radius 2 is 1.92 bits per heavy atom. The molecule has 0 saturated carbocycles. The summed E-state index contributed by atoms with van der Waals surface area (Å²) in [5.41, 5.74) is 0.182. The highest BCUT2D eigenvalue weighted by atomic mass is 35.5. The molecule has 0 aliphatic carbocycles. The Balaban J connectivity index is 2.76. The summed E-state index contributed by atoms with van der Waals surface area (Å²) in [5.74, 6) is -0.338. The Kier molecular flexibility index (Phi) is 9.72. The smallest absolute Gasteiger partial charge is 0.338 e. The van der Waals surface area contributed by atoms with Gasteiger partial charge in [-0.15, -0.1) is 0 Å². The zero-order chi connectivity index (χ0) is 18.7. The number of carbonyl (C=O) groups excluding carboxylic acids is 2. The fourth-order valence-electron chi connectivity index (χ4n) is 1.85. The van der Waals surface area contributed by atoms with E-state index in [1.807, 2.05) is 13.8 Å². The summed E-state index contributed by atoms with van der Waals surface area (Å²) >= 11 is 6.19. The quantitative estimate of drug-likeness (QED) is 0.474. The second kappa shape index (κ2) is 11.5. The molecule has 0 radical (unpaired) electrons. The molecule has 0 aliphatic heterocycles. The van der Waals surface area contributed by atoms with Crippen molar-refractivity contribution in [2.45, 2.75) is 20.3 Å². The third kappa shape index (κ3) is 7.19. The standard InChI is InChI=1S/C17H24ClNO6/c1-4-7-24-16-13(18)9-12(10-14(16)23-5-2)17(21)25-11-15(20)19-6-8-22-3/h9-10H,4-8,11H2,1-3H3,(H,19,20). The maximum Gasteiger partial charge on any atom is 0.338 e. The molecule has 140 valence electrons. The lowest BCUT2D eigenvalue weighted by molar-refractivity contribution is -0.124. The van der Waals surface area contributed by atoms with Crippen LogP contribution in [0.5, 0.6) is 11.5 Å². The number of carbonyl (C=O) groups is 2. The monoisotopic (exact) mass is 373 g/mol. The Morgan fingerprint density at radius 1 is 1.16 bits per heavy atom. The number of ether oxygens (including phenoxy) is 4. The van der Waals surface area contributed by atoms with E-state index in [1.54, 1.807) is 0 Å². The van der Waals surface area contributed by atoms with Crippen LogP contribution in [0.2, 0.25) is 5.02 Å². The maximum atomic E-state index is 12.1. The molecular formula is C17H24ClNO6. The number of amides is 1. The molecule has 7 nitrogen and oxygen atoms in total. The van der Waals surface area contributed by atoms with Crippen molar-refractivity contribution in [1.82, 2.24) is 5.32 Å². The Bertz CT molecular complexity index is 579. The van der Waals surface area contributed by atoms with Crippen LogP contribution in [0.3, 0.4) is 0 Å². The number of halogens is 1. The van der Waals surface area contributed by atoms with Gasteiger partial charge in [0.1, 0.15) is 0 Å². The molecule has 1 amide bonds. The van der Waals surface area contributed by atoms with Crippen LogP contribution in [0.1, 0.15) is 30.6 Å². The average Bonchev–Trinajstić information content (AvgIpc) is 2.59. The van der Waals surface area contributed by atoms with Crippen molar-refractivity contribution in [3.05, 3.63) is 22.7 Å². The van der Waals surface area contributed by atoms with E-state index < -0.39 is 18.5 Å². The topological polar surface area (TPSA) is 83.1 Å². The van der Waals surface area contributed by atoms with Gasteiger partial charge in [-0.3, -0.25) is 4.79 Å². The summed E-state index contributed by atoms with van der Waals surface area (Å²) in [6, 6.07) is 2.92. The number of benzene rings is 1. The first kappa shape index (κ1) is 21.1. The highest BCUT2D eigenvalue weighted by Crippen LogP contribution is 2.37. The lowest BCUT2D eigenvalue weighted by atomic mass is 10.2. The van der Waals surface area contributed by atoms with Gasteiger partial charge < -0.3 is 24.3 Å². The molecule has 0 unspecified atom stereocenters. The summed E-state index contributed by atoms with van der Waals surface area (Å²) in [5, 5.41) is 2.80. The molecule has 0 saturated heterocycles. The van der Waals surface area contributed by atoms with Crippen LogP contribution in [-0.4, -0.2) is 52.0 Å². The summed E-state index contributed by atoms with van der Waals surface area (Å²) in [6.07, 6.45) is 0.809. The first-order valence-electron chi connectivity index (χ1n) is 8.05. The second-order valence-electron chi connectivity index (χ2n) is 4.99. The number of methoxy groups -OCH3 is 1. The molecule has 25 heavy (non-hydrogen) atoms. The highest BCUT2D eigenvalue weighted by Gasteiger charge is 2.18. The van der Waals surface area contributed by atoms with E-state index >= 15 is 0 Å². The zero-order valence-corrected chi connectivity index (χ0v) is 15.5. The van der Waals surface area contributed by atoms with Crippen molar-refractivity contribution in [3.63, 3.8) is 0 Å². The van der Waals surface area contributed by atoms with Crippen molar-refractivity contribution < 1.29 is 28.5 Å². The first-order valence-corrected chi connectivity index (χ1v) is 8.43. The predicted molar refractivity (Wildman–Crippen MR) is 93.6 cm³/mol. The van der Waals surface area contributed by atoms with Gasteiger partial charge in [0, 0.05) is 13.7 Å². The Labute approximate surface area is 152 Å². The molecule has 0 fully saturated rings. The first-order chi connectivity index (χ1) is 12.0. The molecule has 0 spiro atoms. The minimum absolute atomic E-state index is 0.182. The number of rotatable bonds is 11. The van der Waals surface area contributed by atoms with Crippen LogP contribution in [0.25, 0.3) is 0 Å². The van der Waals surface area contributed by atoms with Crippen LogP contribution >= 0.6 is 11.6 Å². The van der Waals surface area contributed by atoms with Crippen molar-refractivity contribution in [1.29, 1.82) is 0 Å². The third-order valence-corrected chi connectivity index (χ3v) is 3.24. The summed E-state index contributed by atoms with van der Waals surface area (Å²) in [6.45, 7) is 4.98. The van der Waals surface area contributed by atoms with Gasteiger partial charge in [-0.1, -0.05) is 18.5 Å². The highest BCUT2D eigenvalue weighted by molar-refractivity contribution is 6.32. The predicted octanol–water partition coefficient (Wildman–Crippen LogP) is 2.45. The van der Waals surface area contributed by atoms with Crippen LogP contribution < -0.4 is 14.8 Å². The van der Waals surface area contributed by atoms with Crippen molar-refractivity contribution in [2.75, 3.05) is 40.1 Å². The molecule has 1 aromatic carbocycles. The molecular weight excluding hydrogens is 350 g/mol. The van der Waals surface area contributed by atoms with E-state index in [9.17, 15) is 9.59 Å². The lowest BCUT2D eigenvalue weighted by Crippen LogP contribution is -2.31. The molecule has 0 aliphatic rings. The van der Waals surface area contributed by atoms with Crippen molar-refractivity contribution >= 4 is 23.5 Å². The van der Waals surface area contributed by atoms with Crippen LogP contribution in [0.4, 0.5) is 0 Å². The normalized spacial score (nSPS) is 10.2. The number of hydrogen-bond acceptors (Lipinski definition) is 6. The van der Waals surface area contributed by atoms with Gasteiger partial charge in [0.15, 0.2) is 18.1 Å². The minimum atomic E-state index is -0.674. The van der Waals surface area contributed by atoms with E-state index in [1.165, 1.54) is 19.2 Å². The van der Waals surface area contributed by atoms with E-state index in [2.05, 4.69) is 5.32 Å². The second-order valence-corrected chi connectivity index (χ2v) is 5.39. The Hall–Kier alpha value is -1.99. The largest absolute Gasteiger partial charge is 0.490 e. The van der Waals surface area contributed by atoms with Crippen molar-refractivity contribution in [3.8, 4) is 11.5 Å². The van der Waals surface area contributed by atoms with Crippen LogP contribution in [0, 0.1) is 0 Å². The van der Waals surface area contributed by atoms with E-state index in [-0.39, 0.29) is 10.6 Å². The van der Waals surface area contributed by atoms with E-state index in [4.69, 9.17) is 30.5 Å². The van der Waals surface area contributed by atoms with Crippen molar-refractivity contribution in [2.24, 2.45) is 0 Å². The Morgan fingerprint density at radius 3 is 2.56 bits per heavy atom. The maximum absolute atomic E-state index is 12.1. The molecule has 0 atom stereocenters. The summed E-state index contributed by atoms with van der Waals surface area (Å²) in [7, 11) is 1.53. The average molecular weight is 374 g/mol. The van der Waals surface area contributed by atoms with Gasteiger partial charge in [0.25, 0.3) is 5.91 Å². The van der Waals surface area contributed by atoms with Gasteiger partial charge in [0.2, 0.25) is 0 Å². The molecule has 1 aromatic rings. The minimum Gasteiger partial charge on any atom is -0.490 e. The number of nitrogens with one attached hydrogen (secondary N) is 1. The number of hydrogen-bond donors (Lipinski definition) is 1. The summed E-state index contributed by atoms with van der Waals surface area (Å²) in [4.78, 5) is 23.7. The van der Waals surface area contributed by atoms with Gasteiger partial charge in [-0.05, 0) is 25.5 Å².